The fraction of sp³-hybridized carbons (Fsp3) is 0.700. The Bertz CT molecular complexity index is 2170. The van der Waals surface area contributed by atoms with Crippen molar-refractivity contribution in [1.29, 1.82) is 0 Å². The highest BCUT2D eigenvalue weighted by Gasteiger charge is 2.49. The number of fused-ring (bicyclic) bond motifs is 2. The van der Waals surface area contributed by atoms with E-state index in [2.05, 4.69) is 36.7 Å². The van der Waals surface area contributed by atoms with Crippen molar-refractivity contribution >= 4 is 53.2 Å². The van der Waals surface area contributed by atoms with E-state index in [4.69, 9.17) is 10.5 Å². The molecule has 1 aromatic rings. The Kier molecular flexibility index (Phi) is 24.2. The number of hydrogen-bond donors (Lipinski definition) is 14. The van der Waals surface area contributed by atoms with Crippen molar-refractivity contribution in [3.8, 4) is 11.5 Å². The Balaban J connectivity index is 1.69. The summed E-state index contributed by atoms with van der Waals surface area (Å²) in [4.78, 5) is 125. The van der Waals surface area contributed by atoms with Crippen molar-refractivity contribution in [2.24, 2.45) is 17.6 Å². The van der Waals surface area contributed by atoms with Crippen LogP contribution in [0.5, 0.6) is 11.5 Å². The summed E-state index contributed by atoms with van der Waals surface area (Å²) >= 11 is 0. The number of aliphatic hydroxyl groups is 7. The zero-order chi connectivity index (χ0) is 56.6. The molecule has 3 saturated heterocycles. The number of amides is 8. The van der Waals surface area contributed by atoms with Gasteiger partial charge in [-0.3, -0.25) is 38.4 Å². The summed E-state index contributed by atoms with van der Waals surface area (Å²) in [7, 11) is 0. The Morgan fingerprint density at radius 1 is 0.737 bits per heavy atom. The third kappa shape index (κ3) is 18.0. The van der Waals surface area contributed by atoms with E-state index < -0.39 is 165 Å². The minimum atomic E-state index is -2.71. The molecule has 26 nitrogen and oxygen atoms in total. The van der Waals surface area contributed by atoms with Crippen LogP contribution in [0.4, 0.5) is 0 Å². The van der Waals surface area contributed by atoms with Crippen LogP contribution in [0.1, 0.15) is 118 Å². The summed E-state index contributed by atoms with van der Waals surface area (Å²) in [6, 6.07) is -7.93. The first kappa shape index (κ1) is 62.5. The van der Waals surface area contributed by atoms with Crippen molar-refractivity contribution in [3.05, 3.63) is 24.3 Å². The van der Waals surface area contributed by atoms with Gasteiger partial charge in [-0.2, -0.15) is 0 Å². The molecule has 3 aliphatic heterocycles. The number of benzene rings is 1. The number of nitrogens with two attached hydrogens (primary N) is 1. The molecule has 8 amide bonds. The van der Waals surface area contributed by atoms with Crippen LogP contribution < -0.4 is 37.1 Å². The molecule has 426 valence electrons. The largest absolute Gasteiger partial charge is 0.508 e. The van der Waals surface area contributed by atoms with Gasteiger partial charge in [-0.25, -0.2) is 4.79 Å². The van der Waals surface area contributed by atoms with Gasteiger partial charge < -0.3 is 87.7 Å². The van der Waals surface area contributed by atoms with Crippen LogP contribution >= 0.6 is 0 Å². The minimum Gasteiger partial charge on any atom is -0.508 e. The van der Waals surface area contributed by atoms with Crippen LogP contribution in [0.25, 0.3) is 0 Å². The number of hydrogen-bond acceptors (Lipinski definition) is 18. The second-order valence-corrected chi connectivity index (χ2v) is 20.4. The van der Waals surface area contributed by atoms with Crippen LogP contribution in [0.2, 0.25) is 0 Å². The SMILES string of the molecule is CCC(C)CC(C)CCCCCCCCC(=O)N[C@H]1C[C@@H](O)[C@@H](O)NC(=O)[C@@H]2[C@@H](O)CCN2C(=O)[C@H]([C@H](O)CC(N)=O)NC(=O)[C@H]([C@H](O)C(=O)Oc2ccc(O)cc2)NC(=O)[C@@H]2C[C@@H](O)CN2C(=O)[C@H]([C@@H](C)O)NC1=O. The Labute approximate surface area is 440 Å². The van der Waals surface area contributed by atoms with Crippen molar-refractivity contribution in [1.82, 2.24) is 36.4 Å². The topological polar surface area (TPSA) is 417 Å². The first-order chi connectivity index (χ1) is 35.8. The molecular formula is C50H78N8O18. The third-order valence-corrected chi connectivity index (χ3v) is 14.0. The zero-order valence-electron chi connectivity index (χ0n) is 43.4. The number of unbranched alkanes of at least 4 members (excludes halogenated alkanes) is 5. The molecule has 26 heteroatoms. The van der Waals surface area contributed by atoms with Gasteiger partial charge in [0.05, 0.1) is 30.8 Å². The molecule has 3 aliphatic rings. The number of nitrogens with one attached hydrogen (secondary N) is 5. The van der Waals surface area contributed by atoms with Gasteiger partial charge in [0.25, 0.3) is 0 Å². The molecule has 0 radical (unpaired) electrons. The quantitative estimate of drug-likeness (QED) is 0.0343. The lowest BCUT2D eigenvalue weighted by Crippen LogP contribution is -2.65. The highest BCUT2D eigenvalue weighted by molar-refractivity contribution is 6.00. The second-order valence-electron chi connectivity index (χ2n) is 20.4. The maximum absolute atomic E-state index is 14.4. The van der Waals surface area contributed by atoms with E-state index in [1.165, 1.54) is 6.42 Å². The van der Waals surface area contributed by atoms with Gasteiger partial charge >= 0.3 is 5.97 Å². The molecule has 76 heavy (non-hydrogen) atoms. The minimum absolute atomic E-state index is 0.0908. The van der Waals surface area contributed by atoms with Crippen LogP contribution in [-0.2, 0) is 43.2 Å². The number of esters is 1. The van der Waals surface area contributed by atoms with Crippen LogP contribution in [-0.4, -0.2) is 196 Å². The molecule has 4 rings (SSSR count). The lowest BCUT2D eigenvalue weighted by molar-refractivity contribution is -0.152. The van der Waals surface area contributed by atoms with E-state index in [-0.39, 0.29) is 24.3 Å². The molecule has 15 atom stereocenters. The monoisotopic (exact) mass is 1080 g/mol. The Morgan fingerprint density at radius 3 is 1.97 bits per heavy atom. The number of rotatable bonds is 20. The van der Waals surface area contributed by atoms with Crippen molar-refractivity contribution in [3.63, 3.8) is 0 Å². The number of aromatic hydroxyl groups is 1. The summed E-state index contributed by atoms with van der Waals surface area (Å²) in [6.07, 6.45) is -8.80. The standard InChI is InChI=1S/C50H78N8O18/c1-5-25(2)20-26(3)12-10-8-6-7-9-11-13-37(66)52-31-22-35(64)45(70)56-47(72)41-33(62)18-19-57(41)49(74)39(34(63)23-36(51)65)54-46(71)40(42(67)50(75)76-30-16-14-28(60)15-17-30)55-44(69)32-21-29(61)24-58(32)48(73)38(27(4)59)53-43(31)68/h14-17,25-27,29,31-35,38-42,45,59-64,67,70H,5-13,18-24H2,1-4H3,(H2,51,65)(H,52,66)(H,53,68)(H,54,71)(H,55,69)(H,56,72)/t25?,26?,27-,29-,31+,32+,33+,34-,35-,38+,39+,40+,41+,42+,45-/m1/s1. The van der Waals surface area contributed by atoms with E-state index in [1.54, 1.807) is 0 Å². The maximum Gasteiger partial charge on any atom is 0.343 e. The third-order valence-electron chi connectivity index (χ3n) is 14.0. The highest BCUT2D eigenvalue weighted by Crippen LogP contribution is 2.25. The van der Waals surface area contributed by atoms with Gasteiger partial charge in [0.1, 0.15) is 53.9 Å². The average molecular weight is 1080 g/mol. The average Bonchev–Trinajstić information content (AvgIpc) is 3.95. The van der Waals surface area contributed by atoms with Crippen molar-refractivity contribution in [2.45, 2.75) is 197 Å². The van der Waals surface area contributed by atoms with Gasteiger partial charge in [0.15, 0.2) is 12.3 Å². The highest BCUT2D eigenvalue weighted by atomic mass is 16.5. The number of nitrogens with zero attached hydrogens (tertiary/aromatic N) is 2. The Hall–Kier alpha value is -6.03. The molecule has 0 aromatic heterocycles. The molecular weight excluding hydrogens is 1000 g/mol. The smallest absolute Gasteiger partial charge is 0.343 e. The summed E-state index contributed by atoms with van der Waals surface area (Å²) in [5, 5.41) is 98.4. The van der Waals surface area contributed by atoms with Gasteiger partial charge in [0.2, 0.25) is 47.3 Å². The first-order valence-corrected chi connectivity index (χ1v) is 26.0. The number of phenolic OH excluding ortho intramolecular Hbond substituents is 1. The van der Waals surface area contributed by atoms with Crippen molar-refractivity contribution in [2.75, 3.05) is 13.1 Å². The van der Waals surface area contributed by atoms with E-state index >= 15 is 0 Å². The lowest BCUT2D eigenvalue weighted by Gasteiger charge is -2.33. The zero-order valence-corrected chi connectivity index (χ0v) is 43.4. The second kappa shape index (κ2) is 29.5. The number of aliphatic hydroxyl groups excluding tert-OH is 7. The fourth-order valence-electron chi connectivity index (χ4n) is 9.55. The van der Waals surface area contributed by atoms with E-state index in [0.717, 1.165) is 69.7 Å². The maximum atomic E-state index is 14.4. The van der Waals surface area contributed by atoms with E-state index in [9.17, 15) is 84.0 Å². The predicted octanol–water partition coefficient (Wildman–Crippen LogP) is -3.47. The summed E-state index contributed by atoms with van der Waals surface area (Å²) < 4.78 is 5.15. The molecule has 0 bridgehead atoms. The van der Waals surface area contributed by atoms with Crippen LogP contribution in [0.15, 0.2) is 24.3 Å². The van der Waals surface area contributed by atoms with Gasteiger partial charge in [0, 0.05) is 32.4 Å². The van der Waals surface area contributed by atoms with E-state index in [1.807, 2.05) is 10.6 Å². The van der Waals surface area contributed by atoms with Crippen molar-refractivity contribution < 1.29 is 88.7 Å². The van der Waals surface area contributed by atoms with Gasteiger partial charge in [-0.05, 0) is 62.3 Å². The van der Waals surface area contributed by atoms with Gasteiger partial charge in [-0.15, -0.1) is 0 Å². The number of ether oxygens (including phenoxy) is 1. The summed E-state index contributed by atoms with van der Waals surface area (Å²) in [5.74, 6) is -10.9. The Morgan fingerprint density at radius 2 is 1.34 bits per heavy atom. The summed E-state index contributed by atoms with van der Waals surface area (Å²) in [6.45, 7) is 6.67. The molecule has 0 aliphatic carbocycles. The number of primary amides is 1. The predicted molar refractivity (Wildman–Crippen MR) is 266 cm³/mol. The molecule has 3 heterocycles. The number of carbonyl (C=O) groups excluding carboxylic acids is 9. The molecule has 0 spiro atoms. The number of phenols is 1. The van der Waals surface area contributed by atoms with E-state index in [0.29, 0.717) is 34.5 Å². The molecule has 3 fully saturated rings. The fourth-order valence-corrected chi connectivity index (χ4v) is 9.55. The molecule has 2 unspecified atom stereocenters. The lowest BCUT2D eigenvalue weighted by atomic mass is 9.91. The summed E-state index contributed by atoms with van der Waals surface area (Å²) in [5.41, 5.74) is 5.31. The van der Waals surface area contributed by atoms with Gasteiger partial charge in [-0.1, -0.05) is 65.7 Å². The van der Waals surface area contributed by atoms with Crippen LogP contribution in [0.3, 0.4) is 0 Å². The first-order valence-electron chi connectivity index (χ1n) is 26.0. The molecule has 0 saturated carbocycles. The molecule has 1 aromatic carbocycles. The number of carbonyl (C=O) groups is 9. The van der Waals surface area contributed by atoms with Crippen LogP contribution in [0, 0.1) is 11.8 Å². The normalized spacial score (nSPS) is 28.2. The molecule has 15 N–H and O–H groups in total.